The third kappa shape index (κ3) is 8.12. The number of carbonyl (C=O) groups excluding carboxylic acids is 1. The minimum Gasteiger partial charge on any atom is -0.465 e. The molecular weight excluding hydrogens is 274 g/mol. The van der Waals surface area contributed by atoms with E-state index in [1.807, 2.05) is 32.5 Å². The molecule has 20 heavy (non-hydrogen) atoms. The average molecular weight is 305 g/mol. The predicted molar refractivity (Wildman–Crippen MR) is 86.1 cm³/mol. The van der Waals surface area contributed by atoms with Gasteiger partial charge in [0.15, 0.2) is 0 Å². The lowest BCUT2D eigenvalue weighted by atomic mass is 9.95. The Hall–Kier alpha value is -0.260. The van der Waals surface area contributed by atoms with Gasteiger partial charge < -0.3 is 15.2 Å². The van der Waals surface area contributed by atoms with Gasteiger partial charge in [-0.15, -0.1) is 0 Å². The number of ether oxygens (including phenoxy) is 1. The van der Waals surface area contributed by atoms with Crippen molar-refractivity contribution in [3.63, 3.8) is 0 Å². The number of unbranched alkanes of at least 4 members (excludes halogenated alkanes) is 1. The molecule has 2 unspecified atom stereocenters. The number of aliphatic hydroxyl groups is 1. The lowest BCUT2D eigenvalue weighted by Gasteiger charge is -2.28. The van der Waals surface area contributed by atoms with Crippen LogP contribution in [0.5, 0.6) is 0 Å². The van der Waals surface area contributed by atoms with Crippen LogP contribution in [-0.4, -0.2) is 47.9 Å². The molecule has 0 aromatic rings. The Kier molecular flexibility index (Phi) is 11.3. The maximum Gasteiger partial charge on any atom is 0.326 e. The van der Waals surface area contributed by atoms with Crippen LogP contribution in [0.2, 0.25) is 0 Å². The van der Waals surface area contributed by atoms with Crippen LogP contribution in [0.25, 0.3) is 0 Å². The summed E-state index contributed by atoms with van der Waals surface area (Å²) >= 11 is 1.87. The molecular formula is C15H31NO3S. The van der Waals surface area contributed by atoms with Crippen molar-refractivity contribution in [2.45, 2.75) is 52.5 Å². The first-order valence-electron chi connectivity index (χ1n) is 7.61. The molecule has 0 spiro atoms. The highest BCUT2D eigenvalue weighted by atomic mass is 32.2. The third-order valence-corrected chi connectivity index (χ3v) is 4.60. The maximum atomic E-state index is 12.0. The van der Waals surface area contributed by atoms with Gasteiger partial charge in [-0.1, -0.05) is 20.3 Å². The van der Waals surface area contributed by atoms with Crippen molar-refractivity contribution in [1.82, 2.24) is 5.32 Å². The van der Waals surface area contributed by atoms with Crippen LogP contribution >= 0.6 is 11.8 Å². The van der Waals surface area contributed by atoms with Gasteiger partial charge in [-0.3, -0.25) is 4.79 Å². The van der Waals surface area contributed by atoms with Crippen LogP contribution in [-0.2, 0) is 9.53 Å². The van der Waals surface area contributed by atoms with E-state index in [1.54, 1.807) is 0 Å². The summed E-state index contributed by atoms with van der Waals surface area (Å²) in [6.07, 6.45) is 2.89. The minimum atomic E-state index is -0.562. The van der Waals surface area contributed by atoms with Crippen LogP contribution in [0.15, 0.2) is 0 Å². The van der Waals surface area contributed by atoms with Gasteiger partial charge in [-0.05, 0) is 50.7 Å². The van der Waals surface area contributed by atoms with Gasteiger partial charge in [0.1, 0.15) is 5.54 Å². The summed E-state index contributed by atoms with van der Waals surface area (Å²) in [5.74, 6) is 2.30. The molecule has 120 valence electrons. The highest BCUT2D eigenvalue weighted by molar-refractivity contribution is 7.99. The van der Waals surface area contributed by atoms with Gasteiger partial charge in [-0.25, -0.2) is 0 Å². The summed E-state index contributed by atoms with van der Waals surface area (Å²) in [6, 6.07) is 0. The number of hydrogen-bond acceptors (Lipinski definition) is 5. The fourth-order valence-corrected chi connectivity index (χ4v) is 3.05. The number of rotatable bonds is 12. The second-order valence-electron chi connectivity index (χ2n) is 5.40. The zero-order valence-corrected chi connectivity index (χ0v) is 14.2. The van der Waals surface area contributed by atoms with Gasteiger partial charge in [0.2, 0.25) is 0 Å². The Labute approximate surface area is 128 Å². The fraction of sp³-hybridized carbons (Fsp3) is 0.933. The molecule has 0 saturated carbocycles. The van der Waals surface area contributed by atoms with Crippen molar-refractivity contribution in [1.29, 1.82) is 0 Å². The number of hydrogen-bond donors (Lipinski definition) is 2. The Bertz CT molecular complexity index is 264. The fourth-order valence-electron chi connectivity index (χ4n) is 1.96. The lowest BCUT2D eigenvalue weighted by Crippen LogP contribution is -2.50. The molecule has 0 saturated heterocycles. The monoisotopic (exact) mass is 305 g/mol. The molecule has 4 nitrogen and oxygen atoms in total. The van der Waals surface area contributed by atoms with E-state index in [1.165, 1.54) is 0 Å². The minimum absolute atomic E-state index is 0.150. The lowest BCUT2D eigenvalue weighted by molar-refractivity contribution is -0.150. The van der Waals surface area contributed by atoms with E-state index in [2.05, 4.69) is 12.2 Å². The van der Waals surface area contributed by atoms with E-state index in [-0.39, 0.29) is 12.6 Å². The molecule has 0 radical (unpaired) electrons. The topological polar surface area (TPSA) is 58.6 Å². The summed E-state index contributed by atoms with van der Waals surface area (Å²) in [7, 11) is 0. The van der Waals surface area contributed by atoms with Gasteiger partial charge in [-0.2, -0.15) is 11.8 Å². The highest BCUT2D eigenvalue weighted by Gasteiger charge is 2.32. The summed E-state index contributed by atoms with van der Waals surface area (Å²) in [5, 5.41) is 12.2. The summed E-state index contributed by atoms with van der Waals surface area (Å²) in [6.45, 7) is 9.26. The number of aliphatic hydroxyl groups excluding tert-OH is 1. The predicted octanol–water partition coefficient (Wildman–Crippen LogP) is 2.45. The van der Waals surface area contributed by atoms with Crippen LogP contribution in [0.4, 0.5) is 0 Å². The van der Waals surface area contributed by atoms with E-state index < -0.39 is 5.54 Å². The normalized spacial score (nSPS) is 15.7. The molecule has 2 N–H and O–H groups in total. The zero-order valence-electron chi connectivity index (χ0n) is 13.4. The number of carbonyl (C=O) groups is 1. The number of nitrogens with one attached hydrogen (secondary N) is 1. The molecule has 2 atom stereocenters. The molecule has 0 fully saturated rings. The number of thioether (sulfide) groups is 1. The molecule has 0 aromatic carbocycles. The van der Waals surface area contributed by atoms with E-state index >= 15 is 0 Å². The van der Waals surface area contributed by atoms with Gasteiger partial charge in [0.05, 0.1) is 6.61 Å². The molecule has 0 heterocycles. The Morgan fingerprint density at radius 3 is 2.65 bits per heavy atom. The first kappa shape index (κ1) is 19.7. The summed E-state index contributed by atoms with van der Waals surface area (Å²) in [5.41, 5.74) is -0.562. The largest absolute Gasteiger partial charge is 0.465 e. The summed E-state index contributed by atoms with van der Waals surface area (Å²) in [4.78, 5) is 12.0. The van der Waals surface area contributed by atoms with Crippen molar-refractivity contribution < 1.29 is 14.6 Å². The van der Waals surface area contributed by atoms with E-state index in [4.69, 9.17) is 9.84 Å². The van der Waals surface area contributed by atoms with Crippen LogP contribution in [0.3, 0.4) is 0 Å². The smallest absolute Gasteiger partial charge is 0.326 e. The third-order valence-electron chi connectivity index (χ3n) is 3.22. The maximum absolute atomic E-state index is 12.0. The molecule has 0 aromatic heterocycles. The zero-order chi connectivity index (χ0) is 15.4. The molecule has 5 heteroatoms. The van der Waals surface area contributed by atoms with Crippen LogP contribution in [0, 0.1) is 5.92 Å². The van der Waals surface area contributed by atoms with Crippen LogP contribution in [0.1, 0.15) is 47.0 Å². The molecule has 0 amide bonds. The molecule has 0 rings (SSSR count). The van der Waals surface area contributed by atoms with Crippen molar-refractivity contribution in [2.75, 3.05) is 31.3 Å². The van der Waals surface area contributed by atoms with E-state index in [9.17, 15) is 4.79 Å². The van der Waals surface area contributed by atoms with Gasteiger partial charge >= 0.3 is 5.97 Å². The van der Waals surface area contributed by atoms with Gasteiger partial charge in [0.25, 0.3) is 0 Å². The number of likely N-dealkylation sites (N-methyl/N-ethyl adjacent to an activating group) is 1. The molecule has 0 aliphatic rings. The Morgan fingerprint density at radius 1 is 1.40 bits per heavy atom. The first-order chi connectivity index (χ1) is 9.50. The van der Waals surface area contributed by atoms with Crippen molar-refractivity contribution in [2.24, 2.45) is 5.92 Å². The van der Waals surface area contributed by atoms with Crippen LogP contribution < -0.4 is 5.32 Å². The summed E-state index contributed by atoms with van der Waals surface area (Å²) < 4.78 is 5.15. The second-order valence-corrected chi connectivity index (χ2v) is 6.55. The quantitative estimate of drug-likeness (QED) is 0.428. The van der Waals surface area contributed by atoms with Gasteiger partial charge in [0, 0.05) is 6.61 Å². The average Bonchev–Trinajstić information content (AvgIpc) is 2.42. The van der Waals surface area contributed by atoms with E-state index in [0.29, 0.717) is 12.5 Å². The highest BCUT2D eigenvalue weighted by Crippen LogP contribution is 2.18. The number of esters is 1. The first-order valence-corrected chi connectivity index (χ1v) is 8.76. The second kappa shape index (κ2) is 11.4. The SMILES string of the molecule is CCNC(C)(CCCCSCC(C)CO)C(=O)OCC. The Balaban J connectivity index is 3.94. The molecule has 0 aliphatic carbocycles. The van der Waals surface area contributed by atoms with Crippen molar-refractivity contribution in [3.8, 4) is 0 Å². The standard InChI is InChI=1S/C15H31NO3S/c1-5-16-15(4,14(18)19-6-2)9-7-8-10-20-12-13(3)11-17/h13,16-17H,5-12H2,1-4H3. The van der Waals surface area contributed by atoms with E-state index in [0.717, 1.165) is 37.3 Å². The molecule has 0 aliphatic heterocycles. The molecule has 0 bridgehead atoms. The van der Waals surface area contributed by atoms with Crippen molar-refractivity contribution >= 4 is 17.7 Å². The van der Waals surface area contributed by atoms with Crippen molar-refractivity contribution in [3.05, 3.63) is 0 Å². The Morgan fingerprint density at radius 2 is 2.10 bits per heavy atom.